The highest BCUT2D eigenvalue weighted by molar-refractivity contribution is 9.10. The second-order valence-electron chi connectivity index (χ2n) is 4.87. The molecule has 0 unspecified atom stereocenters. The predicted molar refractivity (Wildman–Crippen MR) is 95.6 cm³/mol. The fraction of sp³-hybridized carbons (Fsp3) is 0.0556. The molecule has 2 nitrogen and oxygen atoms in total. The summed E-state index contributed by atoms with van der Waals surface area (Å²) in [5.41, 5.74) is 0.646. The lowest BCUT2D eigenvalue weighted by Gasteiger charge is -2.07. The number of benzene rings is 3. The molecule has 0 aliphatic heterocycles. The minimum atomic E-state index is -0.0385. The molecule has 0 saturated carbocycles. The fourth-order valence-electron chi connectivity index (χ4n) is 2.15. The molecule has 0 fully saturated rings. The Labute approximate surface area is 145 Å². The van der Waals surface area contributed by atoms with Crippen LogP contribution in [0.2, 0.25) is 0 Å². The number of carbonyl (C=O) groups is 1. The molecule has 0 aliphatic carbocycles. The minimum Gasteiger partial charge on any atom is -0.485 e. The number of ketones is 1. The van der Waals surface area contributed by atoms with E-state index in [1.807, 2.05) is 48.5 Å². The third kappa shape index (κ3) is 3.57. The summed E-state index contributed by atoms with van der Waals surface area (Å²) in [6, 6.07) is 19.1. The van der Waals surface area contributed by atoms with Gasteiger partial charge < -0.3 is 4.74 Å². The predicted octanol–water partition coefficient (Wildman–Crippen LogP) is 5.63. The molecule has 0 aliphatic rings. The molecule has 0 atom stereocenters. The third-order valence-electron chi connectivity index (χ3n) is 3.31. The summed E-state index contributed by atoms with van der Waals surface area (Å²) in [6.45, 7) is 0.0314. The van der Waals surface area contributed by atoms with Crippen LogP contribution in [0.1, 0.15) is 10.4 Å². The van der Waals surface area contributed by atoms with Crippen LogP contribution in [0.3, 0.4) is 0 Å². The number of rotatable bonds is 4. The lowest BCUT2D eigenvalue weighted by Crippen LogP contribution is -2.11. The number of carbonyl (C=O) groups excluding carboxylic acids is 1. The van der Waals surface area contributed by atoms with Crippen molar-refractivity contribution in [3.63, 3.8) is 0 Å². The smallest absolute Gasteiger partial charge is 0.200 e. The van der Waals surface area contributed by atoms with Gasteiger partial charge in [0.2, 0.25) is 0 Å². The van der Waals surface area contributed by atoms with Crippen LogP contribution in [-0.4, -0.2) is 12.4 Å². The largest absolute Gasteiger partial charge is 0.485 e. The second-order valence-corrected chi connectivity index (χ2v) is 6.70. The zero-order chi connectivity index (χ0) is 15.5. The number of halogens is 2. The van der Waals surface area contributed by atoms with Gasteiger partial charge in [0, 0.05) is 14.5 Å². The first kappa shape index (κ1) is 15.3. The van der Waals surface area contributed by atoms with Crippen LogP contribution in [0.25, 0.3) is 10.8 Å². The van der Waals surface area contributed by atoms with Crippen molar-refractivity contribution in [3.05, 3.63) is 75.2 Å². The van der Waals surface area contributed by atoms with E-state index in [0.29, 0.717) is 11.3 Å². The molecule has 110 valence electrons. The monoisotopic (exact) mass is 418 g/mol. The van der Waals surface area contributed by atoms with Gasteiger partial charge in [0.25, 0.3) is 0 Å². The van der Waals surface area contributed by atoms with E-state index in [4.69, 9.17) is 4.74 Å². The van der Waals surface area contributed by atoms with E-state index >= 15 is 0 Å². The number of ether oxygens (including phenoxy) is 1. The maximum atomic E-state index is 12.1. The van der Waals surface area contributed by atoms with Crippen LogP contribution in [0, 0.1) is 0 Å². The van der Waals surface area contributed by atoms with Crippen LogP contribution in [0.4, 0.5) is 0 Å². The SMILES string of the molecule is O=C(COc1ccc2cc(Br)ccc2c1)c1ccc(Br)cc1. The third-order valence-corrected chi connectivity index (χ3v) is 4.33. The van der Waals surface area contributed by atoms with Crippen LogP contribution in [-0.2, 0) is 0 Å². The molecule has 0 N–H and O–H groups in total. The van der Waals surface area contributed by atoms with Crippen LogP contribution >= 0.6 is 31.9 Å². The Hall–Kier alpha value is -1.65. The molecule has 3 aromatic carbocycles. The summed E-state index contributed by atoms with van der Waals surface area (Å²) >= 11 is 6.80. The first-order valence-electron chi connectivity index (χ1n) is 6.73. The van der Waals surface area contributed by atoms with Gasteiger partial charge in [-0.2, -0.15) is 0 Å². The zero-order valence-electron chi connectivity index (χ0n) is 11.6. The Morgan fingerprint density at radius 1 is 0.818 bits per heavy atom. The lowest BCUT2D eigenvalue weighted by atomic mass is 10.1. The summed E-state index contributed by atoms with van der Waals surface area (Å²) in [5.74, 6) is 0.656. The van der Waals surface area contributed by atoms with Crippen LogP contribution in [0.15, 0.2) is 69.6 Å². The molecule has 0 radical (unpaired) electrons. The Kier molecular flexibility index (Phi) is 4.60. The molecule has 0 saturated heterocycles. The normalized spacial score (nSPS) is 10.6. The van der Waals surface area contributed by atoms with E-state index in [9.17, 15) is 4.79 Å². The van der Waals surface area contributed by atoms with Crippen LogP contribution < -0.4 is 4.74 Å². The standard InChI is InChI=1S/C18H12Br2O2/c19-15-5-1-12(2-6-15)18(21)11-22-17-8-4-13-9-16(20)7-3-14(13)10-17/h1-10H,11H2. The van der Waals surface area contributed by atoms with Crippen molar-refractivity contribution in [1.29, 1.82) is 0 Å². The first-order chi connectivity index (χ1) is 10.6. The van der Waals surface area contributed by atoms with E-state index < -0.39 is 0 Å². The minimum absolute atomic E-state index is 0.0314. The summed E-state index contributed by atoms with van der Waals surface area (Å²) in [6.07, 6.45) is 0. The number of Topliss-reactive ketones (excluding diaryl/α,β-unsaturated/α-hetero) is 1. The molecule has 3 aromatic rings. The average Bonchev–Trinajstić information content (AvgIpc) is 2.53. The van der Waals surface area contributed by atoms with Gasteiger partial charge in [-0.3, -0.25) is 4.79 Å². The van der Waals surface area contributed by atoms with Crippen molar-refractivity contribution >= 4 is 48.4 Å². The van der Waals surface area contributed by atoms with E-state index in [1.165, 1.54) is 0 Å². The van der Waals surface area contributed by atoms with Gasteiger partial charge in [-0.1, -0.05) is 56.1 Å². The average molecular weight is 420 g/mol. The quantitative estimate of drug-likeness (QED) is 0.512. The van der Waals surface area contributed by atoms with Gasteiger partial charge in [0.1, 0.15) is 5.75 Å². The highest BCUT2D eigenvalue weighted by Crippen LogP contribution is 2.24. The van der Waals surface area contributed by atoms with Gasteiger partial charge >= 0.3 is 0 Å². The maximum absolute atomic E-state index is 12.1. The molecule has 0 spiro atoms. The first-order valence-corrected chi connectivity index (χ1v) is 8.31. The van der Waals surface area contributed by atoms with Gasteiger partial charge in [-0.15, -0.1) is 0 Å². The highest BCUT2D eigenvalue weighted by atomic mass is 79.9. The summed E-state index contributed by atoms with van der Waals surface area (Å²) in [4.78, 5) is 12.1. The summed E-state index contributed by atoms with van der Waals surface area (Å²) in [7, 11) is 0. The van der Waals surface area contributed by atoms with Gasteiger partial charge in [0.15, 0.2) is 12.4 Å². The van der Waals surface area contributed by atoms with E-state index in [1.54, 1.807) is 12.1 Å². The molecule has 22 heavy (non-hydrogen) atoms. The van der Waals surface area contributed by atoms with Crippen molar-refractivity contribution in [2.45, 2.75) is 0 Å². The maximum Gasteiger partial charge on any atom is 0.200 e. The Morgan fingerprint density at radius 2 is 1.45 bits per heavy atom. The van der Waals surface area contributed by atoms with E-state index in [2.05, 4.69) is 31.9 Å². The summed E-state index contributed by atoms with van der Waals surface area (Å²) in [5, 5.41) is 2.21. The molecule has 0 heterocycles. The number of hydrogen-bond acceptors (Lipinski definition) is 2. The zero-order valence-corrected chi connectivity index (χ0v) is 14.7. The number of hydrogen-bond donors (Lipinski definition) is 0. The van der Waals surface area contributed by atoms with E-state index in [0.717, 1.165) is 19.7 Å². The van der Waals surface area contributed by atoms with Crippen molar-refractivity contribution in [2.24, 2.45) is 0 Å². The molecule has 0 aromatic heterocycles. The Bertz CT molecular complexity index is 826. The molecule has 4 heteroatoms. The Balaban J connectivity index is 1.72. The molecular weight excluding hydrogens is 408 g/mol. The molecular formula is C18H12Br2O2. The van der Waals surface area contributed by atoms with Crippen LogP contribution in [0.5, 0.6) is 5.75 Å². The molecule has 0 bridgehead atoms. The van der Waals surface area contributed by atoms with Crippen molar-refractivity contribution < 1.29 is 9.53 Å². The molecule has 0 amide bonds. The Morgan fingerprint density at radius 3 is 2.23 bits per heavy atom. The van der Waals surface area contributed by atoms with Crippen molar-refractivity contribution in [3.8, 4) is 5.75 Å². The van der Waals surface area contributed by atoms with Crippen molar-refractivity contribution in [2.75, 3.05) is 6.61 Å². The van der Waals surface area contributed by atoms with Gasteiger partial charge in [-0.25, -0.2) is 0 Å². The topological polar surface area (TPSA) is 26.3 Å². The number of fused-ring (bicyclic) bond motifs is 1. The second kappa shape index (κ2) is 6.63. The highest BCUT2D eigenvalue weighted by Gasteiger charge is 2.07. The fourth-order valence-corrected chi connectivity index (χ4v) is 2.80. The van der Waals surface area contributed by atoms with E-state index in [-0.39, 0.29) is 12.4 Å². The summed E-state index contributed by atoms with van der Waals surface area (Å²) < 4.78 is 7.61. The lowest BCUT2D eigenvalue weighted by molar-refractivity contribution is 0.0921. The van der Waals surface area contributed by atoms with Crippen molar-refractivity contribution in [1.82, 2.24) is 0 Å². The van der Waals surface area contributed by atoms with Gasteiger partial charge in [-0.05, 0) is 47.2 Å². The molecule has 3 rings (SSSR count). The van der Waals surface area contributed by atoms with Gasteiger partial charge in [0.05, 0.1) is 0 Å².